The molecule has 0 N–H and O–H groups in total. The van der Waals surface area contributed by atoms with E-state index in [1.54, 1.807) is 43.5 Å². The third-order valence-corrected chi connectivity index (χ3v) is 6.39. The Kier molecular flexibility index (Phi) is 4.56. The lowest BCUT2D eigenvalue weighted by Gasteiger charge is -2.25. The van der Waals surface area contributed by atoms with Crippen molar-refractivity contribution in [1.82, 2.24) is 0 Å². The number of carbonyl (C=O) groups excluding carboxylic acids is 1. The van der Waals surface area contributed by atoms with Gasteiger partial charge in [0.1, 0.15) is 11.5 Å². The van der Waals surface area contributed by atoms with Crippen molar-refractivity contribution < 1.29 is 17.9 Å². The second kappa shape index (κ2) is 6.43. The Balaban J connectivity index is 2.04. The van der Waals surface area contributed by atoms with Crippen LogP contribution >= 0.6 is 0 Å². The molecule has 1 unspecified atom stereocenters. The van der Waals surface area contributed by atoms with Crippen molar-refractivity contribution >= 4 is 21.4 Å². The summed E-state index contributed by atoms with van der Waals surface area (Å²) in [6.07, 6.45) is 0. The molecule has 1 amide bonds. The lowest BCUT2D eigenvalue weighted by atomic mass is 9.86. The zero-order chi connectivity index (χ0) is 19.1. The van der Waals surface area contributed by atoms with E-state index >= 15 is 0 Å². The highest BCUT2D eigenvalue weighted by atomic mass is 32.2. The van der Waals surface area contributed by atoms with Crippen LogP contribution in [0.5, 0.6) is 5.75 Å². The van der Waals surface area contributed by atoms with Gasteiger partial charge in [-0.1, -0.05) is 45.0 Å². The summed E-state index contributed by atoms with van der Waals surface area (Å²) in [6.45, 7) is 6.30. The lowest BCUT2D eigenvalue weighted by molar-refractivity contribution is -0.115. The van der Waals surface area contributed by atoms with E-state index in [1.807, 2.05) is 12.1 Å². The van der Waals surface area contributed by atoms with Crippen LogP contribution in [0.2, 0.25) is 0 Å². The van der Waals surface area contributed by atoms with E-state index in [1.165, 1.54) is 4.90 Å². The first-order valence-corrected chi connectivity index (χ1v) is 10.1. The van der Waals surface area contributed by atoms with E-state index in [9.17, 15) is 13.2 Å². The van der Waals surface area contributed by atoms with Gasteiger partial charge in [-0.15, -0.1) is 0 Å². The molecule has 0 radical (unpaired) electrons. The predicted molar refractivity (Wildman–Crippen MR) is 102 cm³/mol. The number of amides is 1. The third kappa shape index (κ3) is 3.33. The Morgan fingerprint density at radius 2 is 1.58 bits per heavy atom. The van der Waals surface area contributed by atoms with Gasteiger partial charge in [-0.3, -0.25) is 9.69 Å². The summed E-state index contributed by atoms with van der Waals surface area (Å²) in [7, 11) is -2.05. The first kappa shape index (κ1) is 18.5. The summed E-state index contributed by atoms with van der Waals surface area (Å²) < 4.78 is 30.5. The number of hydrogen-bond donors (Lipinski definition) is 0. The van der Waals surface area contributed by atoms with Gasteiger partial charge in [-0.05, 0) is 40.8 Å². The maximum Gasteiger partial charge on any atom is 0.243 e. The SMILES string of the molecule is COc1ccc(N2C(=O)CS(=O)(=O)C2c2ccc(C(C)(C)C)cc2)cc1. The van der Waals surface area contributed by atoms with Crippen molar-refractivity contribution in [2.45, 2.75) is 31.6 Å². The van der Waals surface area contributed by atoms with Gasteiger partial charge >= 0.3 is 0 Å². The standard InChI is InChI=1S/C20H23NO4S/c1-20(2,3)15-7-5-14(6-8-15)19-21(18(22)13-26(19,23)24)16-9-11-17(25-4)12-10-16/h5-12,19H,13H2,1-4H3. The highest BCUT2D eigenvalue weighted by molar-refractivity contribution is 7.93. The lowest BCUT2D eigenvalue weighted by Crippen LogP contribution is -2.29. The monoisotopic (exact) mass is 373 g/mol. The van der Waals surface area contributed by atoms with Crippen molar-refractivity contribution in [2.75, 3.05) is 17.8 Å². The minimum Gasteiger partial charge on any atom is -0.497 e. The fourth-order valence-electron chi connectivity index (χ4n) is 3.14. The molecule has 1 aliphatic heterocycles. The van der Waals surface area contributed by atoms with Crippen molar-refractivity contribution in [2.24, 2.45) is 0 Å². The number of anilines is 1. The summed E-state index contributed by atoms with van der Waals surface area (Å²) in [6, 6.07) is 14.3. The molecule has 6 heteroatoms. The van der Waals surface area contributed by atoms with Crippen LogP contribution in [0.4, 0.5) is 5.69 Å². The van der Waals surface area contributed by atoms with E-state index in [4.69, 9.17) is 4.74 Å². The number of ether oxygens (including phenoxy) is 1. The maximum atomic E-state index is 12.7. The number of carbonyl (C=O) groups is 1. The number of methoxy groups -OCH3 is 1. The summed E-state index contributed by atoms with van der Waals surface area (Å²) >= 11 is 0. The van der Waals surface area contributed by atoms with Crippen molar-refractivity contribution in [3.63, 3.8) is 0 Å². The summed E-state index contributed by atoms with van der Waals surface area (Å²) in [5, 5.41) is -1.00. The molecule has 0 bridgehead atoms. The van der Waals surface area contributed by atoms with Gasteiger partial charge < -0.3 is 4.74 Å². The molecule has 1 aliphatic rings. The van der Waals surface area contributed by atoms with Crippen molar-refractivity contribution in [3.05, 3.63) is 59.7 Å². The molecule has 1 saturated heterocycles. The van der Waals surface area contributed by atoms with Gasteiger partial charge in [-0.25, -0.2) is 8.42 Å². The highest BCUT2D eigenvalue weighted by Gasteiger charge is 2.45. The number of nitrogens with zero attached hydrogens (tertiary/aromatic N) is 1. The zero-order valence-electron chi connectivity index (χ0n) is 15.4. The van der Waals surface area contributed by atoms with Crippen molar-refractivity contribution in [1.29, 1.82) is 0 Å². The second-order valence-corrected chi connectivity index (χ2v) is 9.55. The Morgan fingerprint density at radius 3 is 2.08 bits per heavy atom. The van der Waals surface area contributed by atoms with Crippen LogP contribution in [0.15, 0.2) is 48.5 Å². The van der Waals surface area contributed by atoms with E-state index in [2.05, 4.69) is 20.8 Å². The van der Waals surface area contributed by atoms with Gasteiger partial charge in [-0.2, -0.15) is 0 Å². The maximum absolute atomic E-state index is 12.7. The average molecular weight is 373 g/mol. The molecule has 0 aromatic heterocycles. The number of rotatable bonds is 3. The first-order valence-electron chi connectivity index (χ1n) is 8.41. The molecule has 0 spiro atoms. The molecule has 2 aromatic carbocycles. The molecule has 5 nitrogen and oxygen atoms in total. The van der Waals surface area contributed by atoms with Gasteiger partial charge in [0.05, 0.1) is 7.11 Å². The quantitative estimate of drug-likeness (QED) is 0.827. The Labute approximate surface area is 154 Å². The molecule has 1 heterocycles. The smallest absolute Gasteiger partial charge is 0.243 e. The first-order chi connectivity index (χ1) is 12.1. The average Bonchev–Trinajstić information content (AvgIpc) is 2.83. The van der Waals surface area contributed by atoms with E-state index < -0.39 is 26.9 Å². The zero-order valence-corrected chi connectivity index (χ0v) is 16.2. The summed E-state index contributed by atoms with van der Waals surface area (Å²) in [5.74, 6) is -0.251. The van der Waals surface area contributed by atoms with Crippen LogP contribution in [0.3, 0.4) is 0 Å². The molecule has 2 aromatic rings. The summed E-state index contributed by atoms with van der Waals surface area (Å²) in [5.41, 5.74) is 2.22. The molecule has 3 rings (SSSR count). The predicted octanol–water partition coefficient (Wildman–Crippen LogP) is 3.45. The fraction of sp³-hybridized carbons (Fsp3) is 0.350. The van der Waals surface area contributed by atoms with Crippen LogP contribution in [0, 0.1) is 0 Å². The molecular formula is C20H23NO4S. The van der Waals surface area contributed by atoms with Gasteiger partial charge in [0.15, 0.2) is 15.2 Å². The molecule has 0 saturated carbocycles. The minimum atomic E-state index is -3.61. The Hall–Kier alpha value is -2.34. The molecule has 138 valence electrons. The van der Waals surface area contributed by atoms with Crippen LogP contribution in [0.25, 0.3) is 0 Å². The van der Waals surface area contributed by atoms with E-state index in [-0.39, 0.29) is 5.41 Å². The van der Waals surface area contributed by atoms with Gasteiger partial charge in [0.25, 0.3) is 0 Å². The molecule has 1 atom stereocenters. The van der Waals surface area contributed by atoms with Gasteiger partial charge in [0.2, 0.25) is 5.91 Å². The molecule has 0 aliphatic carbocycles. The van der Waals surface area contributed by atoms with Crippen LogP contribution in [-0.4, -0.2) is 27.2 Å². The largest absolute Gasteiger partial charge is 0.497 e. The summed E-state index contributed by atoms with van der Waals surface area (Å²) in [4.78, 5) is 13.8. The highest BCUT2D eigenvalue weighted by Crippen LogP contribution is 2.38. The minimum absolute atomic E-state index is 0.0292. The fourth-order valence-corrected chi connectivity index (χ4v) is 4.91. The number of benzene rings is 2. The van der Waals surface area contributed by atoms with E-state index in [0.717, 1.165) is 5.56 Å². The normalized spacial score (nSPS) is 19.6. The molecule has 1 fully saturated rings. The second-order valence-electron chi connectivity index (χ2n) is 7.49. The van der Waals surface area contributed by atoms with E-state index in [0.29, 0.717) is 17.0 Å². The van der Waals surface area contributed by atoms with Crippen LogP contribution in [0.1, 0.15) is 37.3 Å². The number of sulfone groups is 1. The Bertz CT molecular complexity index is 910. The Morgan fingerprint density at radius 1 is 1.00 bits per heavy atom. The number of hydrogen-bond acceptors (Lipinski definition) is 4. The molecule has 26 heavy (non-hydrogen) atoms. The van der Waals surface area contributed by atoms with Crippen molar-refractivity contribution in [3.8, 4) is 5.75 Å². The van der Waals surface area contributed by atoms with Gasteiger partial charge in [0, 0.05) is 5.69 Å². The van der Waals surface area contributed by atoms with Crippen LogP contribution in [-0.2, 0) is 20.0 Å². The van der Waals surface area contributed by atoms with Crippen LogP contribution < -0.4 is 9.64 Å². The topological polar surface area (TPSA) is 63.7 Å². The molecular weight excluding hydrogens is 350 g/mol. The third-order valence-electron chi connectivity index (χ3n) is 4.58.